The molecule has 2 rings (SSSR count). The first-order valence-electron chi connectivity index (χ1n) is 5.89. The standard InChI is InChI=1S/C13H17N5/c1-14-6-7-18(2)13-16-9-12(10-17-13)11-4-3-5-15-8-11/h3-5,8-10,14H,6-7H2,1-2H3. The lowest BCUT2D eigenvalue weighted by atomic mass is 10.2. The number of anilines is 1. The molecule has 0 fully saturated rings. The summed E-state index contributed by atoms with van der Waals surface area (Å²) in [5.74, 6) is 0.734. The fourth-order valence-electron chi connectivity index (χ4n) is 1.58. The quantitative estimate of drug-likeness (QED) is 0.855. The predicted octanol–water partition coefficient (Wildman–Crippen LogP) is 1.19. The van der Waals surface area contributed by atoms with Crippen molar-refractivity contribution >= 4 is 5.95 Å². The third-order valence-electron chi connectivity index (χ3n) is 2.67. The maximum atomic E-state index is 4.37. The van der Waals surface area contributed by atoms with Crippen LogP contribution in [0.4, 0.5) is 5.95 Å². The molecule has 0 aliphatic carbocycles. The van der Waals surface area contributed by atoms with Crippen molar-refractivity contribution in [1.29, 1.82) is 0 Å². The van der Waals surface area contributed by atoms with Crippen molar-refractivity contribution < 1.29 is 0 Å². The zero-order valence-corrected chi connectivity index (χ0v) is 10.7. The Labute approximate surface area is 107 Å². The number of aromatic nitrogens is 3. The topological polar surface area (TPSA) is 53.9 Å². The zero-order chi connectivity index (χ0) is 12.8. The molecule has 0 spiro atoms. The van der Waals surface area contributed by atoms with Gasteiger partial charge in [0.25, 0.3) is 0 Å². The number of rotatable bonds is 5. The molecule has 0 atom stereocenters. The second-order valence-corrected chi connectivity index (χ2v) is 4.04. The summed E-state index contributed by atoms with van der Waals surface area (Å²) in [6.45, 7) is 1.78. The van der Waals surface area contributed by atoms with Crippen molar-refractivity contribution in [2.75, 3.05) is 32.1 Å². The van der Waals surface area contributed by atoms with Crippen LogP contribution in [0.15, 0.2) is 36.9 Å². The Hall–Kier alpha value is -2.01. The van der Waals surface area contributed by atoms with Crippen molar-refractivity contribution in [3.05, 3.63) is 36.9 Å². The van der Waals surface area contributed by atoms with Crippen molar-refractivity contribution in [3.63, 3.8) is 0 Å². The summed E-state index contributed by atoms with van der Waals surface area (Å²) in [5.41, 5.74) is 2.01. The van der Waals surface area contributed by atoms with Gasteiger partial charge in [-0.15, -0.1) is 0 Å². The molecule has 0 radical (unpaired) electrons. The molecular formula is C13H17N5. The summed E-state index contributed by atoms with van der Waals surface area (Å²) < 4.78 is 0. The average molecular weight is 243 g/mol. The van der Waals surface area contributed by atoms with Crippen molar-refractivity contribution in [3.8, 4) is 11.1 Å². The van der Waals surface area contributed by atoms with E-state index in [9.17, 15) is 0 Å². The highest BCUT2D eigenvalue weighted by Crippen LogP contribution is 2.16. The summed E-state index contributed by atoms with van der Waals surface area (Å²) in [6, 6.07) is 3.90. The predicted molar refractivity (Wildman–Crippen MR) is 72.5 cm³/mol. The van der Waals surface area contributed by atoms with Crippen molar-refractivity contribution in [2.45, 2.75) is 0 Å². The molecule has 0 unspecified atom stereocenters. The first kappa shape index (κ1) is 12.4. The minimum atomic E-state index is 0.734. The highest BCUT2D eigenvalue weighted by molar-refractivity contribution is 5.60. The number of hydrogen-bond donors (Lipinski definition) is 1. The first-order chi connectivity index (χ1) is 8.81. The molecule has 0 saturated heterocycles. The Bertz CT molecular complexity index is 469. The third kappa shape index (κ3) is 3.01. The molecule has 0 amide bonds. The maximum Gasteiger partial charge on any atom is 0.225 e. The Morgan fingerprint density at radius 3 is 2.56 bits per heavy atom. The molecule has 0 aliphatic rings. The van der Waals surface area contributed by atoms with Gasteiger partial charge < -0.3 is 10.2 Å². The first-order valence-corrected chi connectivity index (χ1v) is 5.89. The lowest BCUT2D eigenvalue weighted by Gasteiger charge is -2.16. The number of pyridine rings is 1. The van der Waals surface area contributed by atoms with Gasteiger partial charge in [0.15, 0.2) is 0 Å². The summed E-state index contributed by atoms with van der Waals surface area (Å²) >= 11 is 0. The fraction of sp³-hybridized carbons (Fsp3) is 0.308. The van der Waals surface area contributed by atoms with Crippen LogP contribution in [0.3, 0.4) is 0 Å². The van der Waals surface area contributed by atoms with E-state index in [1.54, 1.807) is 6.20 Å². The van der Waals surface area contributed by atoms with Crippen LogP contribution >= 0.6 is 0 Å². The monoisotopic (exact) mass is 243 g/mol. The van der Waals surface area contributed by atoms with Gasteiger partial charge in [-0.2, -0.15) is 0 Å². The minimum Gasteiger partial charge on any atom is -0.343 e. The zero-order valence-electron chi connectivity index (χ0n) is 10.7. The van der Waals surface area contributed by atoms with Crippen LogP contribution in [-0.2, 0) is 0 Å². The van der Waals surface area contributed by atoms with Gasteiger partial charge in [-0.1, -0.05) is 6.07 Å². The molecule has 2 heterocycles. The molecule has 1 N–H and O–H groups in total. The average Bonchev–Trinajstić information content (AvgIpc) is 2.46. The summed E-state index contributed by atoms with van der Waals surface area (Å²) in [7, 11) is 3.91. The highest BCUT2D eigenvalue weighted by atomic mass is 15.2. The molecule has 0 saturated carbocycles. The van der Waals surface area contributed by atoms with Gasteiger partial charge in [0.2, 0.25) is 5.95 Å². The molecule has 2 aromatic rings. The van der Waals surface area contributed by atoms with E-state index >= 15 is 0 Å². The molecule has 2 aromatic heterocycles. The van der Waals surface area contributed by atoms with Gasteiger partial charge in [-0.05, 0) is 13.1 Å². The van der Waals surface area contributed by atoms with E-state index in [-0.39, 0.29) is 0 Å². The highest BCUT2D eigenvalue weighted by Gasteiger charge is 2.04. The third-order valence-corrected chi connectivity index (χ3v) is 2.67. The molecule has 94 valence electrons. The summed E-state index contributed by atoms with van der Waals surface area (Å²) in [5, 5.41) is 3.10. The van der Waals surface area contributed by atoms with Gasteiger partial charge in [-0.25, -0.2) is 9.97 Å². The molecule has 5 heteroatoms. The van der Waals surface area contributed by atoms with Crippen molar-refractivity contribution in [2.24, 2.45) is 0 Å². The van der Waals surface area contributed by atoms with Crippen LogP contribution in [-0.4, -0.2) is 42.1 Å². The normalized spacial score (nSPS) is 10.3. The second-order valence-electron chi connectivity index (χ2n) is 4.04. The van der Waals surface area contributed by atoms with E-state index in [1.165, 1.54) is 0 Å². The van der Waals surface area contributed by atoms with Crippen LogP contribution in [0, 0.1) is 0 Å². The van der Waals surface area contributed by atoms with E-state index < -0.39 is 0 Å². The van der Waals surface area contributed by atoms with E-state index in [4.69, 9.17) is 0 Å². The van der Waals surface area contributed by atoms with Crippen molar-refractivity contribution in [1.82, 2.24) is 20.3 Å². The number of hydrogen-bond acceptors (Lipinski definition) is 5. The molecule has 5 nitrogen and oxygen atoms in total. The smallest absolute Gasteiger partial charge is 0.225 e. The SMILES string of the molecule is CNCCN(C)c1ncc(-c2cccnc2)cn1. The van der Waals surface area contributed by atoms with Crippen LogP contribution in [0.2, 0.25) is 0 Å². The summed E-state index contributed by atoms with van der Waals surface area (Å²) in [6.07, 6.45) is 7.22. The van der Waals surface area contributed by atoms with Gasteiger partial charge in [0, 0.05) is 56.1 Å². The Balaban J connectivity index is 2.10. The number of nitrogens with one attached hydrogen (secondary N) is 1. The van der Waals surface area contributed by atoms with Crippen LogP contribution < -0.4 is 10.2 Å². The molecule has 18 heavy (non-hydrogen) atoms. The van der Waals surface area contributed by atoms with E-state index in [0.717, 1.165) is 30.2 Å². The Kier molecular flexibility index (Phi) is 4.20. The van der Waals surface area contributed by atoms with Gasteiger partial charge in [0.1, 0.15) is 0 Å². The lowest BCUT2D eigenvalue weighted by molar-refractivity contribution is 0.753. The maximum absolute atomic E-state index is 4.37. The van der Waals surface area contributed by atoms with E-state index in [2.05, 4.69) is 20.3 Å². The van der Waals surface area contributed by atoms with E-state index in [1.807, 2.05) is 49.7 Å². The van der Waals surface area contributed by atoms with Crippen LogP contribution in [0.5, 0.6) is 0 Å². The minimum absolute atomic E-state index is 0.734. The Morgan fingerprint density at radius 1 is 1.17 bits per heavy atom. The van der Waals surface area contributed by atoms with Gasteiger partial charge in [0.05, 0.1) is 0 Å². The van der Waals surface area contributed by atoms with Crippen LogP contribution in [0.25, 0.3) is 11.1 Å². The van der Waals surface area contributed by atoms with Crippen LogP contribution in [0.1, 0.15) is 0 Å². The molecule has 0 bridgehead atoms. The fourth-order valence-corrected chi connectivity index (χ4v) is 1.58. The molecule has 0 aliphatic heterocycles. The largest absolute Gasteiger partial charge is 0.343 e. The van der Waals surface area contributed by atoms with Gasteiger partial charge >= 0.3 is 0 Å². The van der Waals surface area contributed by atoms with Gasteiger partial charge in [-0.3, -0.25) is 4.98 Å². The summed E-state index contributed by atoms with van der Waals surface area (Å²) in [4.78, 5) is 14.8. The van der Waals surface area contributed by atoms with E-state index in [0.29, 0.717) is 0 Å². The number of likely N-dealkylation sites (N-methyl/N-ethyl adjacent to an activating group) is 2. The molecule has 0 aromatic carbocycles. The Morgan fingerprint density at radius 2 is 1.94 bits per heavy atom. The lowest BCUT2D eigenvalue weighted by Crippen LogP contribution is -2.28. The number of nitrogens with zero attached hydrogens (tertiary/aromatic N) is 4. The second kappa shape index (κ2) is 6.07. The molecular weight excluding hydrogens is 226 g/mol.